The van der Waals surface area contributed by atoms with Crippen LogP contribution in [0.1, 0.15) is 40.5 Å². The maximum atomic E-state index is 11.5. The highest BCUT2D eigenvalue weighted by Crippen LogP contribution is 2.28. The van der Waals surface area contributed by atoms with Crippen molar-refractivity contribution in [1.82, 2.24) is 0 Å². The van der Waals surface area contributed by atoms with E-state index in [-0.39, 0.29) is 19.4 Å². The van der Waals surface area contributed by atoms with Gasteiger partial charge in [-0.3, -0.25) is 9.59 Å². The summed E-state index contributed by atoms with van der Waals surface area (Å²) in [6.45, 7) is 6.22. The van der Waals surface area contributed by atoms with Crippen molar-refractivity contribution in [3.8, 4) is 0 Å². The summed E-state index contributed by atoms with van der Waals surface area (Å²) >= 11 is 0. The quantitative estimate of drug-likeness (QED) is 0.531. The predicted octanol–water partition coefficient (Wildman–Crippen LogP) is 1.19. The van der Waals surface area contributed by atoms with Crippen LogP contribution in [0.15, 0.2) is 0 Å². The van der Waals surface area contributed by atoms with Gasteiger partial charge >= 0.3 is 11.9 Å². The highest BCUT2D eigenvalue weighted by Gasteiger charge is 2.43. The molecule has 0 heterocycles. The minimum atomic E-state index is -1.59. The molecule has 0 saturated carbocycles. The van der Waals surface area contributed by atoms with Crippen LogP contribution in [0.25, 0.3) is 0 Å². The summed E-state index contributed by atoms with van der Waals surface area (Å²) in [7, 11) is 0. The molecule has 0 aromatic heterocycles. The Balaban J connectivity index is 4.71. The van der Waals surface area contributed by atoms with E-state index in [1.165, 1.54) is 6.92 Å². The standard InChI is InChI=1S/C11H20O5/c1-5-16-9(14)11(4,8(12)13)7-6-10(2,3)15/h15H,5-7H2,1-4H3,(H,12,13). The second kappa shape index (κ2) is 5.30. The molecule has 0 saturated heterocycles. The van der Waals surface area contributed by atoms with Crippen molar-refractivity contribution in [2.45, 2.75) is 46.1 Å². The normalized spacial score (nSPS) is 15.3. The molecule has 1 atom stereocenters. The third-order valence-electron chi connectivity index (χ3n) is 2.43. The number of hydrogen-bond acceptors (Lipinski definition) is 4. The number of hydrogen-bond donors (Lipinski definition) is 2. The van der Waals surface area contributed by atoms with Gasteiger partial charge in [0.1, 0.15) is 0 Å². The van der Waals surface area contributed by atoms with Crippen LogP contribution in [0, 0.1) is 5.41 Å². The molecule has 0 spiro atoms. The van der Waals surface area contributed by atoms with E-state index in [1.807, 2.05) is 0 Å². The van der Waals surface area contributed by atoms with Crippen LogP contribution in [0.3, 0.4) is 0 Å². The first-order chi connectivity index (χ1) is 7.13. The van der Waals surface area contributed by atoms with E-state index in [4.69, 9.17) is 9.84 Å². The SMILES string of the molecule is CCOC(=O)C(C)(CCC(C)(C)O)C(=O)O. The Morgan fingerprint density at radius 3 is 2.00 bits per heavy atom. The fourth-order valence-corrected chi connectivity index (χ4v) is 1.14. The predicted molar refractivity (Wildman–Crippen MR) is 57.9 cm³/mol. The first-order valence-electron chi connectivity index (χ1n) is 5.26. The van der Waals surface area contributed by atoms with Crippen molar-refractivity contribution in [3.05, 3.63) is 0 Å². The molecule has 0 bridgehead atoms. The van der Waals surface area contributed by atoms with Gasteiger partial charge in [0, 0.05) is 0 Å². The van der Waals surface area contributed by atoms with Gasteiger partial charge in [-0.2, -0.15) is 0 Å². The Bertz CT molecular complexity index is 266. The number of aliphatic carboxylic acids is 1. The molecular formula is C11H20O5. The van der Waals surface area contributed by atoms with Gasteiger partial charge in [0.15, 0.2) is 5.41 Å². The van der Waals surface area contributed by atoms with Gasteiger partial charge in [-0.15, -0.1) is 0 Å². The fraction of sp³-hybridized carbons (Fsp3) is 0.818. The number of carboxylic acids is 1. The third-order valence-corrected chi connectivity index (χ3v) is 2.43. The Morgan fingerprint density at radius 1 is 1.19 bits per heavy atom. The van der Waals surface area contributed by atoms with Crippen molar-refractivity contribution in [3.63, 3.8) is 0 Å². The molecule has 5 nitrogen and oxygen atoms in total. The number of carbonyl (C=O) groups is 2. The van der Waals surface area contributed by atoms with Crippen LogP contribution < -0.4 is 0 Å². The zero-order chi connectivity index (χ0) is 13.0. The third kappa shape index (κ3) is 4.18. The second-order valence-electron chi connectivity index (χ2n) is 4.67. The van der Waals surface area contributed by atoms with Gasteiger partial charge in [0.05, 0.1) is 12.2 Å². The maximum absolute atomic E-state index is 11.5. The van der Waals surface area contributed by atoms with Gasteiger partial charge in [0.2, 0.25) is 0 Å². The monoisotopic (exact) mass is 232 g/mol. The summed E-state index contributed by atoms with van der Waals surface area (Å²) in [5.41, 5.74) is -2.58. The van der Waals surface area contributed by atoms with Crippen molar-refractivity contribution >= 4 is 11.9 Å². The van der Waals surface area contributed by atoms with Crippen LogP contribution in [0.2, 0.25) is 0 Å². The number of carbonyl (C=O) groups excluding carboxylic acids is 1. The zero-order valence-electron chi connectivity index (χ0n) is 10.2. The summed E-state index contributed by atoms with van der Waals surface area (Å²) in [4.78, 5) is 22.6. The van der Waals surface area contributed by atoms with E-state index in [2.05, 4.69) is 0 Å². The van der Waals surface area contributed by atoms with E-state index in [1.54, 1.807) is 20.8 Å². The smallest absolute Gasteiger partial charge is 0.323 e. The number of esters is 1. The highest BCUT2D eigenvalue weighted by molar-refractivity contribution is 5.98. The molecule has 0 aliphatic heterocycles. The first kappa shape index (κ1) is 14.9. The summed E-state index contributed by atoms with van der Waals surface area (Å²) in [6.07, 6.45) is 0.263. The molecule has 0 radical (unpaired) electrons. The molecule has 0 amide bonds. The molecule has 2 N–H and O–H groups in total. The molecule has 1 unspecified atom stereocenters. The van der Waals surface area contributed by atoms with Crippen molar-refractivity contribution in [2.75, 3.05) is 6.61 Å². The van der Waals surface area contributed by atoms with Crippen LogP contribution in [-0.4, -0.2) is 34.4 Å². The molecule has 0 fully saturated rings. The largest absolute Gasteiger partial charge is 0.480 e. The molecular weight excluding hydrogens is 212 g/mol. The Labute approximate surface area is 95.4 Å². The molecule has 0 aromatic carbocycles. The Kier molecular flexibility index (Phi) is 4.93. The minimum Gasteiger partial charge on any atom is -0.480 e. The van der Waals surface area contributed by atoms with Gasteiger partial charge in [-0.25, -0.2) is 0 Å². The van der Waals surface area contributed by atoms with Crippen LogP contribution in [0.5, 0.6) is 0 Å². The van der Waals surface area contributed by atoms with Crippen LogP contribution >= 0.6 is 0 Å². The van der Waals surface area contributed by atoms with E-state index < -0.39 is 23.0 Å². The summed E-state index contributed by atoms with van der Waals surface area (Å²) < 4.78 is 4.73. The lowest BCUT2D eigenvalue weighted by Gasteiger charge is -2.26. The van der Waals surface area contributed by atoms with E-state index in [0.29, 0.717) is 0 Å². The summed E-state index contributed by atoms with van der Waals surface area (Å²) in [5.74, 6) is -1.98. The number of rotatable bonds is 6. The first-order valence-corrected chi connectivity index (χ1v) is 5.26. The van der Waals surface area contributed by atoms with E-state index in [0.717, 1.165) is 0 Å². The van der Waals surface area contributed by atoms with Gasteiger partial charge in [0.25, 0.3) is 0 Å². The maximum Gasteiger partial charge on any atom is 0.323 e. The lowest BCUT2D eigenvalue weighted by atomic mass is 9.82. The molecule has 0 aliphatic rings. The molecule has 16 heavy (non-hydrogen) atoms. The fourth-order valence-electron chi connectivity index (χ4n) is 1.14. The summed E-state index contributed by atoms with van der Waals surface area (Å²) in [6, 6.07) is 0. The van der Waals surface area contributed by atoms with Gasteiger partial charge in [-0.05, 0) is 40.5 Å². The molecule has 5 heteroatoms. The Hall–Kier alpha value is -1.10. The van der Waals surface area contributed by atoms with Crippen LogP contribution in [0.4, 0.5) is 0 Å². The lowest BCUT2D eigenvalue weighted by Crippen LogP contribution is -2.39. The molecule has 0 aliphatic carbocycles. The zero-order valence-corrected chi connectivity index (χ0v) is 10.2. The second-order valence-corrected chi connectivity index (χ2v) is 4.67. The highest BCUT2D eigenvalue weighted by atomic mass is 16.5. The average molecular weight is 232 g/mol. The number of aliphatic hydroxyl groups is 1. The lowest BCUT2D eigenvalue weighted by molar-refractivity contribution is -0.168. The van der Waals surface area contributed by atoms with Gasteiger partial charge < -0.3 is 14.9 Å². The van der Waals surface area contributed by atoms with E-state index >= 15 is 0 Å². The van der Waals surface area contributed by atoms with Crippen LogP contribution in [-0.2, 0) is 14.3 Å². The summed E-state index contributed by atoms with van der Waals surface area (Å²) in [5, 5.41) is 18.6. The average Bonchev–Trinajstić information content (AvgIpc) is 2.13. The van der Waals surface area contributed by atoms with Crippen molar-refractivity contribution in [2.24, 2.45) is 5.41 Å². The molecule has 94 valence electrons. The van der Waals surface area contributed by atoms with Crippen molar-refractivity contribution < 1.29 is 24.5 Å². The topological polar surface area (TPSA) is 83.8 Å². The Morgan fingerprint density at radius 2 is 1.69 bits per heavy atom. The molecule has 0 aromatic rings. The van der Waals surface area contributed by atoms with E-state index in [9.17, 15) is 14.7 Å². The number of carboxylic acid groups (broad SMARTS) is 1. The molecule has 0 rings (SSSR count). The van der Waals surface area contributed by atoms with Gasteiger partial charge in [-0.1, -0.05) is 0 Å². The van der Waals surface area contributed by atoms with Crippen molar-refractivity contribution in [1.29, 1.82) is 0 Å². The number of ether oxygens (including phenoxy) is 1. The minimum absolute atomic E-state index is 0.0463.